The number of amides is 1. The van der Waals surface area contributed by atoms with Gasteiger partial charge in [0.05, 0.1) is 12.9 Å². The van der Waals surface area contributed by atoms with Gasteiger partial charge in [-0.3, -0.25) is 14.6 Å². The molecule has 1 aromatic heterocycles. The molecule has 1 saturated heterocycles. The topological polar surface area (TPSA) is 62.6 Å². The maximum Gasteiger partial charge on any atom is 0.573 e. The normalized spacial score (nSPS) is 16.1. The molecule has 0 radical (unpaired) electrons. The third kappa shape index (κ3) is 6.54. The summed E-state index contributed by atoms with van der Waals surface area (Å²) in [5.74, 6) is -0.520. The molecule has 152 valence electrons. The van der Waals surface area contributed by atoms with Crippen molar-refractivity contribution >= 4 is 11.6 Å². The van der Waals surface area contributed by atoms with Crippen LogP contribution < -0.4 is 10.1 Å². The molecule has 0 aliphatic carbocycles. The second kappa shape index (κ2) is 9.07. The van der Waals surface area contributed by atoms with E-state index in [0.717, 1.165) is 39.3 Å². The van der Waals surface area contributed by atoms with Crippen molar-refractivity contribution in [2.24, 2.45) is 0 Å². The number of nitrogens with one attached hydrogen (secondary N) is 1. The average Bonchev–Trinajstić information content (AvgIpc) is 3.15. The molecule has 1 N–H and O–H groups in total. The summed E-state index contributed by atoms with van der Waals surface area (Å²) in [5, 5.41) is 2.69. The number of imidazole rings is 1. The molecule has 1 amide bonds. The number of benzene rings is 1. The molecular weight excluding hydrogens is 375 g/mol. The Bertz CT molecular complexity index is 742. The van der Waals surface area contributed by atoms with Crippen molar-refractivity contribution in [1.82, 2.24) is 19.4 Å². The second-order valence-corrected chi connectivity index (χ2v) is 6.54. The zero-order valence-corrected chi connectivity index (χ0v) is 15.2. The minimum Gasteiger partial charge on any atom is -0.406 e. The summed E-state index contributed by atoms with van der Waals surface area (Å²) in [6.07, 6.45) is 0.754. The number of anilines is 1. The van der Waals surface area contributed by atoms with Crippen LogP contribution in [0, 0.1) is 0 Å². The lowest BCUT2D eigenvalue weighted by molar-refractivity contribution is -0.274. The van der Waals surface area contributed by atoms with Crippen molar-refractivity contribution in [3.8, 4) is 5.75 Å². The Morgan fingerprint density at radius 2 is 1.75 bits per heavy atom. The molecule has 0 unspecified atom stereocenters. The van der Waals surface area contributed by atoms with Crippen LogP contribution in [0.3, 0.4) is 0 Å². The molecule has 2 aromatic rings. The Morgan fingerprint density at radius 3 is 2.36 bits per heavy atom. The summed E-state index contributed by atoms with van der Waals surface area (Å²) in [5.41, 5.74) is 0.429. The second-order valence-electron chi connectivity index (χ2n) is 6.54. The average molecular weight is 397 g/mol. The van der Waals surface area contributed by atoms with Crippen molar-refractivity contribution < 1.29 is 22.7 Å². The molecule has 1 aliphatic rings. The quantitative estimate of drug-likeness (QED) is 0.775. The number of carbonyl (C=O) groups is 1. The fraction of sp³-hybridized carbons (Fsp3) is 0.444. The van der Waals surface area contributed by atoms with Gasteiger partial charge < -0.3 is 14.6 Å². The Hall–Kier alpha value is -2.59. The molecule has 2 heterocycles. The van der Waals surface area contributed by atoms with Crippen LogP contribution in [-0.4, -0.2) is 70.9 Å². The van der Waals surface area contributed by atoms with Gasteiger partial charge in [-0.2, -0.15) is 0 Å². The standard InChI is InChI=1S/C18H22F3N5O2/c19-18(20,21)28-16-3-1-15(2-4-16)23-17(27)13-25-10-7-24(8-11-25)9-12-26-6-5-22-14-26/h1-6,14H,7-13H2,(H,23,27). The number of rotatable bonds is 7. The Morgan fingerprint density at radius 1 is 1.07 bits per heavy atom. The monoisotopic (exact) mass is 397 g/mol. The van der Waals surface area contributed by atoms with Gasteiger partial charge in [-0.15, -0.1) is 13.2 Å². The van der Waals surface area contributed by atoms with E-state index in [1.165, 1.54) is 24.3 Å². The summed E-state index contributed by atoms with van der Waals surface area (Å²) in [7, 11) is 0. The highest BCUT2D eigenvalue weighted by molar-refractivity contribution is 5.92. The van der Waals surface area contributed by atoms with Crippen LogP contribution in [-0.2, 0) is 11.3 Å². The van der Waals surface area contributed by atoms with Crippen LogP contribution in [0.5, 0.6) is 5.75 Å². The predicted molar refractivity (Wildman–Crippen MR) is 96.9 cm³/mol. The van der Waals surface area contributed by atoms with Crippen molar-refractivity contribution in [2.45, 2.75) is 12.9 Å². The molecule has 1 aromatic carbocycles. The first-order chi connectivity index (χ1) is 13.4. The van der Waals surface area contributed by atoms with Crippen LogP contribution in [0.2, 0.25) is 0 Å². The van der Waals surface area contributed by atoms with Gasteiger partial charge in [0.1, 0.15) is 5.75 Å². The Balaban J connectivity index is 1.37. The van der Waals surface area contributed by atoms with Crippen LogP contribution in [0.15, 0.2) is 43.0 Å². The van der Waals surface area contributed by atoms with Crippen LogP contribution in [0.4, 0.5) is 18.9 Å². The summed E-state index contributed by atoms with van der Waals surface area (Å²) in [6, 6.07) is 5.10. The van der Waals surface area contributed by atoms with Crippen molar-refractivity contribution in [3.63, 3.8) is 0 Å². The van der Waals surface area contributed by atoms with E-state index in [4.69, 9.17) is 0 Å². The molecule has 10 heteroatoms. The summed E-state index contributed by atoms with van der Waals surface area (Å²) < 4.78 is 42.3. The first-order valence-corrected chi connectivity index (χ1v) is 8.93. The molecule has 3 rings (SSSR count). The van der Waals surface area contributed by atoms with E-state index in [1.54, 1.807) is 12.5 Å². The molecule has 0 bridgehead atoms. The maximum absolute atomic E-state index is 12.2. The van der Waals surface area contributed by atoms with Gasteiger partial charge in [-0.1, -0.05) is 0 Å². The number of hydrogen-bond donors (Lipinski definition) is 1. The molecular formula is C18H22F3N5O2. The first kappa shape index (κ1) is 20.2. The lowest BCUT2D eigenvalue weighted by Crippen LogP contribution is -2.49. The molecule has 0 atom stereocenters. The van der Waals surface area contributed by atoms with Crippen molar-refractivity contribution in [2.75, 3.05) is 44.6 Å². The minimum atomic E-state index is -4.73. The summed E-state index contributed by atoms with van der Waals surface area (Å²) >= 11 is 0. The number of alkyl halides is 3. The first-order valence-electron chi connectivity index (χ1n) is 8.93. The van der Waals surface area contributed by atoms with Gasteiger partial charge in [0, 0.05) is 57.3 Å². The van der Waals surface area contributed by atoms with E-state index in [-0.39, 0.29) is 18.2 Å². The van der Waals surface area contributed by atoms with Gasteiger partial charge in [-0.05, 0) is 24.3 Å². The number of carbonyl (C=O) groups excluding carboxylic acids is 1. The molecule has 1 fully saturated rings. The Labute approximate surface area is 160 Å². The van der Waals surface area contributed by atoms with Gasteiger partial charge in [-0.25, -0.2) is 4.98 Å². The molecule has 1 aliphatic heterocycles. The Kier molecular flexibility index (Phi) is 6.53. The van der Waals surface area contributed by atoms with E-state index in [2.05, 4.69) is 24.8 Å². The smallest absolute Gasteiger partial charge is 0.406 e. The number of hydrogen-bond acceptors (Lipinski definition) is 5. The molecule has 0 spiro atoms. The largest absolute Gasteiger partial charge is 0.573 e. The van der Waals surface area contributed by atoms with Gasteiger partial charge in [0.15, 0.2) is 0 Å². The number of ether oxygens (including phenoxy) is 1. The summed E-state index contributed by atoms with van der Waals surface area (Å²) in [4.78, 5) is 20.6. The van der Waals surface area contributed by atoms with E-state index in [1.807, 2.05) is 10.8 Å². The summed E-state index contributed by atoms with van der Waals surface area (Å²) in [6.45, 7) is 5.40. The predicted octanol–water partition coefficient (Wildman–Crippen LogP) is 2.04. The van der Waals surface area contributed by atoms with E-state index in [0.29, 0.717) is 5.69 Å². The number of aromatic nitrogens is 2. The van der Waals surface area contributed by atoms with Crippen LogP contribution >= 0.6 is 0 Å². The molecule has 7 nitrogen and oxygen atoms in total. The van der Waals surface area contributed by atoms with Gasteiger partial charge in [0.25, 0.3) is 0 Å². The minimum absolute atomic E-state index is 0.198. The SMILES string of the molecule is O=C(CN1CCN(CCn2ccnc2)CC1)Nc1ccc(OC(F)(F)F)cc1. The van der Waals surface area contributed by atoms with Gasteiger partial charge >= 0.3 is 6.36 Å². The fourth-order valence-electron chi connectivity index (χ4n) is 2.99. The zero-order chi connectivity index (χ0) is 20.0. The van der Waals surface area contributed by atoms with E-state index >= 15 is 0 Å². The van der Waals surface area contributed by atoms with Crippen molar-refractivity contribution in [1.29, 1.82) is 0 Å². The lowest BCUT2D eigenvalue weighted by atomic mass is 10.3. The van der Waals surface area contributed by atoms with Crippen molar-refractivity contribution in [3.05, 3.63) is 43.0 Å². The fourth-order valence-corrected chi connectivity index (χ4v) is 2.99. The molecule has 0 saturated carbocycles. The van der Waals surface area contributed by atoms with Crippen LogP contribution in [0.1, 0.15) is 0 Å². The van der Waals surface area contributed by atoms with Crippen LogP contribution in [0.25, 0.3) is 0 Å². The third-order valence-electron chi connectivity index (χ3n) is 4.44. The number of halogens is 3. The highest BCUT2D eigenvalue weighted by atomic mass is 19.4. The zero-order valence-electron chi connectivity index (χ0n) is 15.2. The van der Waals surface area contributed by atoms with E-state index in [9.17, 15) is 18.0 Å². The lowest BCUT2D eigenvalue weighted by Gasteiger charge is -2.34. The number of nitrogens with zero attached hydrogens (tertiary/aromatic N) is 4. The molecule has 28 heavy (non-hydrogen) atoms. The highest BCUT2D eigenvalue weighted by Crippen LogP contribution is 2.23. The highest BCUT2D eigenvalue weighted by Gasteiger charge is 2.31. The maximum atomic E-state index is 12.2. The van der Waals surface area contributed by atoms with Gasteiger partial charge in [0.2, 0.25) is 5.91 Å². The third-order valence-corrected chi connectivity index (χ3v) is 4.44. The van der Waals surface area contributed by atoms with E-state index < -0.39 is 6.36 Å². The number of piperazine rings is 1.